The van der Waals surface area contributed by atoms with Gasteiger partial charge in [-0.25, -0.2) is 8.78 Å². The maximum atomic E-state index is 14.4. The van der Waals surface area contributed by atoms with E-state index in [-0.39, 0.29) is 23.7 Å². The Kier molecular flexibility index (Phi) is 7.99. The van der Waals surface area contributed by atoms with E-state index >= 15 is 0 Å². The molecule has 0 heterocycles. The van der Waals surface area contributed by atoms with Crippen molar-refractivity contribution in [3.05, 3.63) is 83.2 Å². The topological polar surface area (TPSA) is 18.5 Å². The van der Waals surface area contributed by atoms with Gasteiger partial charge in [-0.2, -0.15) is 4.39 Å². The summed E-state index contributed by atoms with van der Waals surface area (Å²) >= 11 is 0. The average Bonchev–Trinajstić information content (AvgIpc) is 2.78. The lowest BCUT2D eigenvalue weighted by molar-refractivity contribution is 0.284. The molecule has 0 unspecified atom stereocenters. The summed E-state index contributed by atoms with van der Waals surface area (Å²) in [4.78, 5) is 0. The summed E-state index contributed by atoms with van der Waals surface area (Å²) in [6, 6.07) is 15.1. The minimum Gasteiger partial charge on any atom is -0.491 e. The van der Waals surface area contributed by atoms with Crippen molar-refractivity contribution in [3.8, 4) is 22.6 Å². The first-order valence-electron chi connectivity index (χ1n) is 10.6. The van der Waals surface area contributed by atoms with Crippen molar-refractivity contribution in [2.24, 2.45) is 0 Å². The molecule has 0 bridgehead atoms. The van der Waals surface area contributed by atoms with E-state index in [0.29, 0.717) is 6.61 Å². The molecule has 164 valence electrons. The largest absolute Gasteiger partial charge is 0.491 e. The first-order valence-corrected chi connectivity index (χ1v) is 10.6. The Balaban J connectivity index is 1.59. The van der Waals surface area contributed by atoms with Gasteiger partial charge in [0.05, 0.1) is 6.61 Å². The molecular formula is C26H27F3O2. The van der Waals surface area contributed by atoms with Crippen molar-refractivity contribution in [1.29, 1.82) is 0 Å². The monoisotopic (exact) mass is 428 g/mol. The maximum absolute atomic E-state index is 14.4. The van der Waals surface area contributed by atoms with E-state index in [0.717, 1.165) is 42.4 Å². The second-order valence-electron chi connectivity index (χ2n) is 7.55. The average molecular weight is 428 g/mol. The first kappa shape index (κ1) is 22.7. The molecule has 0 aromatic heterocycles. The van der Waals surface area contributed by atoms with Crippen molar-refractivity contribution >= 4 is 0 Å². The smallest absolute Gasteiger partial charge is 0.200 e. The highest BCUT2D eigenvalue weighted by atomic mass is 19.2. The van der Waals surface area contributed by atoms with Gasteiger partial charge >= 0.3 is 0 Å². The maximum Gasteiger partial charge on any atom is 0.200 e. The zero-order valence-corrected chi connectivity index (χ0v) is 17.9. The predicted octanol–water partition coefficient (Wildman–Crippen LogP) is 7.62. The van der Waals surface area contributed by atoms with Crippen LogP contribution in [0.25, 0.3) is 11.1 Å². The van der Waals surface area contributed by atoms with E-state index in [1.165, 1.54) is 25.1 Å². The highest BCUT2D eigenvalue weighted by molar-refractivity contribution is 5.64. The Hall–Kier alpha value is -2.95. The summed E-state index contributed by atoms with van der Waals surface area (Å²) in [5.41, 5.74) is 2.59. The molecule has 0 saturated carbocycles. The normalized spacial score (nSPS) is 10.9. The van der Waals surface area contributed by atoms with Crippen molar-refractivity contribution < 1.29 is 22.6 Å². The van der Waals surface area contributed by atoms with Crippen LogP contribution in [0.1, 0.15) is 43.7 Å². The standard InChI is InChI=1S/C26H27F3O2/c1-3-4-5-6-15-30-23-14-12-21(16-22(23)27)20-10-8-19(9-11-20)17-31-24-13-7-18(2)25(28)26(24)29/h7-14,16H,3-6,15,17H2,1-2H3. The lowest BCUT2D eigenvalue weighted by Gasteiger charge is -2.11. The minimum atomic E-state index is -0.986. The lowest BCUT2D eigenvalue weighted by atomic mass is 10.0. The van der Waals surface area contributed by atoms with Crippen LogP contribution in [-0.2, 0) is 6.61 Å². The van der Waals surface area contributed by atoms with Gasteiger partial charge in [-0.05, 0) is 53.8 Å². The van der Waals surface area contributed by atoms with Crippen LogP contribution >= 0.6 is 0 Å². The van der Waals surface area contributed by atoms with Gasteiger partial charge in [-0.1, -0.05) is 62.6 Å². The third-order valence-electron chi connectivity index (χ3n) is 5.11. The molecule has 31 heavy (non-hydrogen) atoms. The van der Waals surface area contributed by atoms with Gasteiger partial charge in [0.2, 0.25) is 5.82 Å². The van der Waals surface area contributed by atoms with Crippen LogP contribution in [0.4, 0.5) is 13.2 Å². The van der Waals surface area contributed by atoms with E-state index in [4.69, 9.17) is 9.47 Å². The van der Waals surface area contributed by atoms with Crippen molar-refractivity contribution in [2.45, 2.75) is 46.1 Å². The number of benzene rings is 3. The fraction of sp³-hybridized carbons (Fsp3) is 0.308. The summed E-state index contributed by atoms with van der Waals surface area (Å²) in [6.07, 6.45) is 4.30. The number of ether oxygens (including phenoxy) is 2. The van der Waals surface area contributed by atoms with Crippen molar-refractivity contribution in [2.75, 3.05) is 6.61 Å². The molecule has 0 aliphatic rings. The molecule has 0 aliphatic carbocycles. The molecule has 3 aromatic carbocycles. The molecule has 0 radical (unpaired) electrons. The highest BCUT2D eigenvalue weighted by Gasteiger charge is 2.12. The van der Waals surface area contributed by atoms with Crippen LogP contribution < -0.4 is 9.47 Å². The molecule has 0 aliphatic heterocycles. The third-order valence-corrected chi connectivity index (χ3v) is 5.11. The van der Waals surface area contributed by atoms with Gasteiger partial charge in [0.25, 0.3) is 0 Å². The van der Waals surface area contributed by atoms with E-state index < -0.39 is 17.5 Å². The molecule has 5 heteroatoms. The van der Waals surface area contributed by atoms with Crippen LogP contribution in [-0.4, -0.2) is 6.61 Å². The summed E-state index contributed by atoms with van der Waals surface area (Å²) in [6.45, 7) is 4.25. The van der Waals surface area contributed by atoms with Gasteiger partial charge in [-0.15, -0.1) is 0 Å². The molecule has 3 aromatic rings. The molecule has 2 nitrogen and oxygen atoms in total. The summed E-state index contributed by atoms with van der Waals surface area (Å²) < 4.78 is 52.9. The fourth-order valence-corrected chi connectivity index (χ4v) is 3.20. The zero-order chi connectivity index (χ0) is 22.2. The summed E-state index contributed by atoms with van der Waals surface area (Å²) in [5, 5.41) is 0. The Labute approximate surface area is 181 Å². The van der Waals surface area contributed by atoms with Gasteiger partial charge in [-0.3, -0.25) is 0 Å². The Bertz CT molecular complexity index is 1000. The van der Waals surface area contributed by atoms with Gasteiger partial charge in [0, 0.05) is 0 Å². The molecule has 0 spiro atoms. The van der Waals surface area contributed by atoms with E-state index in [1.54, 1.807) is 6.07 Å². The van der Waals surface area contributed by atoms with E-state index in [2.05, 4.69) is 6.92 Å². The molecule has 0 fully saturated rings. The molecule has 0 amide bonds. The first-order chi connectivity index (χ1) is 15.0. The Morgan fingerprint density at radius 2 is 1.42 bits per heavy atom. The highest BCUT2D eigenvalue weighted by Crippen LogP contribution is 2.27. The molecule has 0 N–H and O–H groups in total. The number of rotatable bonds is 10. The number of unbranched alkanes of at least 4 members (excludes halogenated alkanes) is 3. The van der Waals surface area contributed by atoms with E-state index in [9.17, 15) is 13.2 Å². The fourth-order valence-electron chi connectivity index (χ4n) is 3.20. The number of hydrogen-bond acceptors (Lipinski definition) is 2. The molecule has 3 rings (SSSR count). The van der Waals surface area contributed by atoms with Crippen LogP contribution in [0.15, 0.2) is 54.6 Å². The minimum absolute atomic E-state index is 0.0961. The summed E-state index contributed by atoms with van der Waals surface area (Å²) in [7, 11) is 0. The third kappa shape index (κ3) is 6.03. The predicted molar refractivity (Wildman–Crippen MR) is 117 cm³/mol. The lowest BCUT2D eigenvalue weighted by Crippen LogP contribution is -2.00. The van der Waals surface area contributed by atoms with Crippen LogP contribution in [0, 0.1) is 24.4 Å². The molecular weight excluding hydrogens is 401 g/mol. The van der Waals surface area contributed by atoms with Gasteiger partial charge < -0.3 is 9.47 Å². The Morgan fingerprint density at radius 3 is 2.13 bits per heavy atom. The van der Waals surface area contributed by atoms with Crippen LogP contribution in [0.5, 0.6) is 11.5 Å². The number of aryl methyl sites for hydroxylation is 1. The zero-order valence-electron chi connectivity index (χ0n) is 17.9. The van der Waals surface area contributed by atoms with Crippen LogP contribution in [0.3, 0.4) is 0 Å². The van der Waals surface area contributed by atoms with Gasteiger partial charge in [0.15, 0.2) is 23.1 Å². The molecule has 0 saturated heterocycles. The van der Waals surface area contributed by atoms with Crippen molar-refractivity contribution in [1.82, 2.24) is 0 Å². The number of halogens is 3. The van der Waals surface area contributed by atoms with E-state index in [1.807, 2.05) is 30.3 Å². The summed E-state index contributed by atoms with van der Waals surface area (Å²) in [5.74, 6) is -2.14. The second kappa shape index (κ2) is 10.9. The Morgan fingerprint density at radius 1 is 0.710 bits per heavy atom. The number of hydrogen-bond donors (Lipinski definition) is 0. The van der Waals surface area contributed by atoms with Crippen LogP contribution in [0.2, 0.25) is 0 Å². The van der Waals surface area contributed by atoms with Crippen molar-refractivity contribution in [3.63, 3.8) is 0 Å². The quantitative estimate of drug-likeness (QED) is 0.309. The second-order valence-corrected chi connectivity index (χ2v) is 7.55. The van der Waals surface area contributed by atoms with Gasteiger partial charge in [0.1, 0.15) is 6.61 Å². The SMILES string of the molecule is CCCCCCOc1ccc(-c2ccc(COc3ccc(C)c(F)c3F)cc2)cc1F. The molecule has 0 atom stereocenters.